The fourth-order valence-corrected chi connectivity index (χ4v) is 7.90. The van der Waals surface area contributed by atoms with Crippen molar-refractivity contribution in [3.63, 3.8) is 0 Å². The lowest BCUT2D eigenvalue weighted by atomic mass is 10.3. The molecule has 0 amide bonds. The van der Waals surface area contributed by atoms with Gasteiger partial charge in [-0.25, -0.2) is 0 Å². The number of rotatable bonds is 5. The maximum absolute atomic E-state index is 5.41. The zero-order chi connectivity index (χ0) is 18.5. The minimum Gasteiger partial charge on any atom is -1.00 e. The molecule has 0 spiro atoms. The molecule has 3 heteroatoms. The topological polar surface area (TPSA) is 9.23 Å². The third kappa shape index (κ3) is 3.72. The molecule has 4 aromatic rings. The summed E-state index contributed by atoms with van der Waals surface area (Å²) in [5.41, 5.74) is 0. The summed E-state index contributed by atoms with van der Waals surface area (Å²) in [6.45, 7) is 0. The second kappa shape index (κ2) is 9.36. The normalized spacial score (nSPS) is 10.8. The molecule has 4 rings (SSSR count). The second-order valence-corrected chi connectivity index (χ2v) is 9.78. The Balaban J connectivity index is 0.00000225. The molecule has 140 valence electrons. The standard InChI is InChI=1S/C25H22OP.HI/c1-26-21-17-19-25(20-18-21)27(22-11-5-2-6-12-22,23-13-7-3-8-14-23)24-15-9-4-10-16-24;/h2-20H,1H3;1H/q+1;/p-1. The highest BCUT2D eigenvalue weighted by Crippen LogP contribution is 2.54. The average Bonchev–Trinajstić information content (AvgIpc) is 2.77. The van der Waals surface area contributed by atoms with Gasteiger partial charge in [-0.05, 0) is 60.7 Å². The van der Waals surface area contributed by atoms with Crippen molar-refractivity contribution in [1.29, 1.82) is 0 Å². The van der Waals surface area contributed by atoms with Crippen LogP contribution in [0.1, 0.15) is 0 Å². The van der Waals surface area contributed by atoms with Gasteiger partial charge in [0.2, 0.25) is 0 Å². The molecule has 0 aliphatic heterocycles. The summed E-state index contributed by atoms with van der Waals surface area (Å²) in [6, 6.07) is 41.2. The summed E-state index contributed by atoms with van der Waals surface area (Å²) < 4.78 is 5.41. The molecular formula is C25H22IOP. The summed E-state index contributed by atoms with van der Waals surface area (Å²) in [4.78, 5) is 0. The highest BCUT2D eigenvalue weighted by Gasteiger charge is 2.47. The zero-order valence-corrected chi connectivity index (χ0v) is 18.8. The fraction of sp³-hybridized carbons (Fsp3) is 0.0400. The van der Waals surface area contributed by atoms with E-state index in [1.165, 1.54) is 21.2 Å². The summed E-state index contributed by atoms with van der Waals surface area (Å²) >= 11 is 0. The van der Waals surface area contributed by atoms with Crippen LogP contribution in [0.3, 0.4) is 0 Å². The third-order valence-electron chi connectivity index (χ3n) is 4.89. The van der Waals surface area contributed by atoms with Gasteiger partial charge in [0.25, 0.3) is 0 Å². The van der Waals surface area contributed by atoms with Gasteiger partial charge in [-0.2, -0.15) is 0 Å². The molecule has 1 nitrogen and oxygen atoms in total. The van der Waals surface area contributed by atoms with Crippen LogP contribution in [-0.2, 0) is 0 Å². The van der Waals surface area contributed by atoms with E-state index < -0.39 is 7.26 Å². The van der Waals surface area contributed by atoms with Crippen molar-refractivity contribution in [2.24, 2.45) is 0 Å². The molecule has 0 N–H and O–H groups in total. The zero-order valence-electron chi connectivity index (χ0n) is 15.7. The minimum absolute atomic E-state index is 0. The van der Waals surface area contributed by atoms with Crippen LogP contribution < -0.4 is 49.9 Å². The van der Waals surface area contributed by atoms with Gasteiger partial charge in [0.15, 0.2) is 0 Å². The summed E-state index contributed by atoms with van der Waals surface area (Å²) in [6.07, 6.45) is 0. The number of methoxy groups -OCH3 is 1. The van der Waals surface area contributed by atoms with Gasteiger partial charge in [-0.1, -0.05) is 54.6 Å². The molecule has 0 aliphatic carbocycles. The first-order chi connectivity index (χ1) is 13.4. The molecule has 0 atom stereocenters. The Morgan fingerprint density at radius 3 is 1.11 bits per heavy atom. The molecule has 0 fully saturated rings. The fourth-order valence-electron chi connectivity index (χ4n) is 3.66. The summed E-state index contributed by atoms with van der Waals surface area (Å²) in [7, 11) is -0.280. The quantitative estimate of drug-likeness (QED) is 0.299. The third-order valence-corrected chi connectivity index (χ3v) is 9.18. The first-order valence-electron chi connectivity index (χ1n) is 9.06. The smallest absolute Gasteiger partial charge is 0.144 e. The van der Waals surface area contributed by atoms with Gasteiger partial charge in [0.1, 0.15) is 34.2 Å². The SMILES string of the molecule is COc1ccc([P+](c2ccccc2)(c2ccccc2)c2ccccc2)cc1.[I-]. The monoisotopic (exact) mass is 496 g/mol. The van der Waals surface area contributed by atoms with Crippen molar-refractivity contribution in [3.05, 3.63) is 115 Å². The highest BCUT2D eigenvalue weighted by molar-refractivity contribution is 8.01. The van der Waals surface area contributed by atoms with Crippen LogP contribution in [0.2, 0.25) is 0 Å². The van der Waals surface area contributed by atoms with Crippen LogP contribution in [0.15, 0.2) is 115 Å². The van der Waals surface area contributed by atoms with Gasteiger partial charge < -0.3 is 28.7 Å². The Bertz CT molecular complexity index is 890. The predicted octanol–water partition coefficient (Wildman–Crippen LogP) is 1.32. The van der Waals surface area contributed by atoms with Crippen LogP contribution in [-0.4, -0.2) is 7.11 Å². The molecule has 0 aliphatic rings. The van der Waals surface area contributed by atoms with E-state index in [-0.39, 0.29) is 24.0 Å². The van der Waals surface area contributed by atoms with Gasteiger partial charge >= 0.3 is 0 Å². The molecule has 0 radical (unpaired) electrons. The van der Waals surface area contributed by atoms with E-state index in [0.29, 0.717) is 0 Å². The number of hydrogen-bond donors (Lipinski definition) is 0. The van der Waals surface area contributed by atoms with Crippen molar-refractivity contribution >= 4 is 28.5 Å². The summed E-state index contributed by atoms with van der Waals surface area (Å²) in [5.74, 6) is 0.881. The largest absolute Gasteiger partial charge is 1.00 e. The number of ether oxygens (including phenoxy) is 1. The van der Waals surface area contributed by atoms with Crippen LogP contribution in [0.5, 0.6) is 5.75 Å². The van der Waals surface area contributed by atoms with Crippen molar-refractivity contribution in [2.75, 3.05) is 7.11 Å². The Hall–Kier alpha value is -2.16. The maximum atomic E-state index is 5.41. The van der Waals surface area contributed by atoms with Crippen molar-refractivity contribution in [1.82, 2.24) is 0 Å². The number of benzene rings is 4. The molecule has 4 aromatic carbocycles. The predicted molar refractivity (Wildman–Crippen MR) is 118 cm³/mol. The average molecular weight is 496 g/mol. The lowest BCUT2D eigenvalue weighted by molar-refractivity contribution is -0.00000547. The van der Waals surface area contributed by atoms with Crippen LogP contribution >= 0.6 is 7.26 Å². The second-order valence-electron chi connectivity index (χ2n) is 6.38. The van der Waals surface area contributed by atoms with E-state index in [0.717, 1.165) is 5.75 Å². The Kier molecular flexibility index (Phi) is 6.88. The van der Waals surface area contributed by atoms with E-state index in [9.17, 15) is 0 Å². The lowest BCUT2D eigenvalue weighted by Crippen LogP contribution is -3.00. The van der Waals surface area contributed by atoms with E-state index in [1.807, 2.05) is 0 Å². The Morgan fingerprint density at radius 1 is 0.464 bits per heavy atom. The number of hydrogen-bond acceptors (Lipinski definition) is 1. The molecule has 28 heavy (non-hydrogen) atoms. The molecular weight excluding hydrogens is 474 g/mol. The van der Waals surface area contributed by atoms with Gasteiger partial charge in [-0.15, -0.1) is 0 Å². The first-order valence-corrected chi connectivity index (χ1v) is 10.8. The van der Waals surface area contributed by atoms with Crippen molar-refractivity contribution in [2.45, 2.75) is 0 Å². The summed E-state index contributed by atoms with van der Waals surface area (Å²) in [5, 5.41) is 5.39. The molecule has 0 saturated heterocycles. The van der Waals surface area contributed by atoms with E-state index >= 15 is 0 Å². The first kappa shape index (κ1) is 20.6. The highest BCUT2D eigenvalue weighted by atomic mass is 127. The van der Waals surface area contributed by atoms with Crippen LogP contribution in [0.25, 0.3) is 0 Å². The molecule has 0 heterocycles. The van der Waals surface area contributed by atoms with Crippen molar-refractivity contribution < 1.29 is 28.7 Å². The van der Waals surface area contributed by atoms with Crippen molar-refractivity contribution in [3.8, 4) is 5.75 Å². The van der Waals surface area contributed by atoms with Gasteiger partial charge in [0, 0.05) is 0 Å². The van der Waals surface area contributed by atoms with E-state index in [1.54, 1.807) is 7.11 Å². The van der Waals surface area contributed by atoms with Crippen LogP contribution in [0.4, 0.5) is 0 Å². The molecule has 0 aromatic heterocycles. The molecule has 0 saturated carbocycles. The van der Waals surface area contributed by atoms with E-state index in [2.05, 4.69) is 115 Å². The van der Waals surface area contributed by atoms with Gasteiger partial charge in [0.05, 0.1) is 7.11 Å². The van der Waals surface area contributed by atoms with E-state index in [4.69, 9.17) is 4.74 Å². The maximum Gasteiger partial charge on any atom is 0.144 e. The van der Waals surface area contributed by atoms with Gasteiger partial charge in [-0.3, -0.25) is 0 Å². The number of halogens is 1. The minimum atomic E-state index is -1.99. The van der Waals surface area contributed by atoms with Crippen LogP contribution in [0, 0.1) is 0 Å². The lowest BCUT2D eigenvalue weighted by Gasteiger charge is -2.27. The molecule has 0 unspecified atom stereocenters. The molecule has 0 bridgehead atoms. The Labute approximate surface area is 184 Å². The Morgan fingerprint density at radius 2 is 0.786 bits per heavy atom.